The molecule has 30 heavy (non-hydrogen) atoms. The van der Waals surface area contributed by atoms with Gasteiger partial charge in [0.15, 0.2) is 15.7 Å². The fourth-order valence-corrected chi connectivity index (χ4v) is 6.19. The van der Waals surface area contributed by atoms with Crippen molar-refractivity contribution in [2.75, 3.05) is 23.7 Å². The highest BCUT2D eigenvalue weighted by Crippen LogP contribution is 2.26. The first-order valence-electron chi connectivity index (χ1n) is 10.9. The molecule has 0 unspecified atom stereocenters. The number of nitrogens with zero attached hydrogens (tertiary/aromatic N) is 5. The maximum absolute atomic E-state index is 12.5. The molecular weight excluding hydrogens is 402 g/mol. The number of anilines is 1. The molecule has 0 N–H and O–H groups in total. The molecule has 0 amide bonds. The molecule has 0 spiro atoms. The van der Waals surface area contributed by atoms with Gasteiger partial charge in [-0.05, 0) is 61.6 Å². The SMILES string of the molecule is O=c1cc2c(nn1CC1CCN(c3cc4c(nn3)CCS(=O)(=O)C4)CC1)CCCC2. The maximum atomic E-state index is 12.5. The van der Waals surface area contributed by atoms with Crippen LogP contribution in [0, 0.1) is 5.92 Å². The van der Waals surface area contributed by atoms with Gasteiger partial charge in [-0.1, -0.05) is 0 Å². The molecule has 0 saturated carbocycles. The van der Waals surface area contributed by atoms with Crippen LogP contribution in [-0.2, 0) is 41.4 Å². The lowest BCUT2D eigenvalue weighted by Gasteiger charge is -2.33. The number of sulfone groups is 1. The van der Waals surface area contributed by atoms with E-state index in [1.165, 1.54) is 0 Å². The smallest absolute Gasteiger partial charge is 0.267 e. The third-order valence-corrected chi connectivity index (χ3v) is 8.19. The number of fused-ring (bicyclic) bond motifs is 2. The fourth-order valence-electron chi connectivity index (χ4n) is 4.82. The van der Waals surface area contributed by atoms with Crippen LogP contribution in [0.5, 0.6) is 0 Å². The van der Waals surface area contributed by atoms with Gasteiger partial charge in [0.1, 0.15) is 0 Å². The van der Waals surface area contributed by atoms with Crippen LogP contribution >= 0.6 is 0 Å². The maximum Gasteiger partial charge on any atom is 0.267 e. The fraction of sp³-hybridized carbons (Fsp3) is 0.619. The predicted molar refractivity (Wildman–Crippen MR) is 113 cm³/mol. The second-order valence-corrected chi connectivity index (χ2v) is 11.0. The van der Waals surface area contributed by atoms with Gasteiger partial charge in [-0.15, -0.1) is 5.10 Å². The van der Waals surface area contributed by atoms with Gasteiger partial charge in [0, 0.05) is 32.1 Å². The summed E-state index contributed by atoms with van der Waals surface area (Å²) in [5, 5.41) is 13.3. The first-order valence-corrected chi connectivity index (χ1v) is 12.7. The molecule has 5 rings (SSSR count). The molecular formula is C21H27N5O3S. The molecule has 4 heterocycles. The van der Waals surface area contributed by atoms with Crippen LogP contribution in [0.15, 0.2) is 16.9 Å². The average molecular weight is 430 g/mol. The monoisotopic (exact) mass is 429 g/mol. The van der Waals surface area contributed by atoms with E-state index < -0.39 is 9.84 Å². The van der Waals surface area contributed by atoms with Gasteiger partial charge in [0.05, 0.1) is 22.9 Å². The Labute approximate surface area is 176 Å². The summed E-state index contributed by atoms with van der Waals surface area (Å²) in [4.78, 5) is 14.6. The molecule has 0 aromatic carbocycles. The molecule has 1 saturated heterocycles. The first-order chi connectivity index (χ1) is 14.5. The Kier molecular flexibility index (Phi) is 5.08. The Bertz CT molecular complexity index is 1120. The minimum atomic E-state index is -3.02. The van der Waals surface area contributed by atoms with Gasteiger partial charge in [0.25, 0.3) is 5.56 Å². The summed E-state index contributed by atoms with van der Waals surface area (Å²) in [6.45, 7) is 2.31. The molecule has 9 heteroatoms. The molecule has 2 aromatic heterocycles. The van der Waals surface area contributed by atoms with E-state index in [4.69, 9.17) is 0 Å². The van der Waals surface area contributed by atoms with Gasteiger partial charge in [-0.2, -0.15) is 10.2 Å². The number of hydrogen-bond donors (Lipinski definition) is 0. The third-order valence-electron chi connectivity index (χ3n) is 6.62. The van der Waals surface area contributed by atoms with E-state index in [-0.39, 0.29) is 17.1 Å². The van der Waals surface area contributed by atoms with Crippen molar-refractivity contribution in [3.8, 4) is 0 Å². The molecule has 0 radical (unpaired) electrons. The lowest BCUT2D eigenvalue weighted by Crippen LogP contribution is -2.38. The van der Waals surface area contributed by atoms with Crippen molar-refractivity contribution in [1.29, 1.82) is 0 Å². The lowest BCUT2D eigenvalue weighted by atomic mass is 9.95. The van der Waals surface area contributed by atoms with Crippen molar-refractivity contribution in [2.24, 2.45) is 5.92 Å². The zero-order valence-corrected chi connectivity index (χ0v) is 17.9. The summed E-state index contributed by atoms with van der Waals surface area (Å²) in [7, 11) is -3.02. The van der Waals surface area contributed by atoms with E-state index in [2.05, 4.69) is 20.2 Å². The van der Waals surface area contributed by atoms with Crippen LogP contribution in [-0.4, -0.2) is 47.2 Å². The number of aromatic nitrogens is 4. The van der Waals surface area contributed by atoms with Crippen molar-refractivity contribution in [3.63, 3.8) is 0 Å². The first kappa shape index (κ1) is 19.7. The largest absolute Gasteiger partial charge is 0.355 e. The topological polar surface area (TPSA) is 98.1 Å². The summed E-state index contributed by atoms with van der Waals surface area (Å²) in [6, 6.07) is 3.68. The quantitative estimate of drug-likeness (QED) is 0.725. The predicted octanol–water partition coefficient (Wildman–Crippen LogP) is 1.30. The molecule has 2 aromatic rings. The number of aryl methyl sites for hydroxylation is 3. The van der Waals surface area contributed by atoms with Gasteiger partial charge < -0.3 is 4.90 Å². The minimum Gasteiger partial charge on any atom is -0.355 e. The number of hydrogen-bond acceptors (Lipinski definition) is 7. The second-order valence-electron chi connectivity index (χ2n) is 8.79. The van der Waals surface area contributed by atoms with Gasteiger partial charge in [-0.25, -0.2) is 13.1 Å². The molecule has 1 fully saturated rings. The Morgan fingerprint density at radius 3 is 2.60 bits per heavy atom. The van der Waals surface area contributed by atoms with Crippen LogP contribution in [0.25, 0.3) is 0 Å². The molecule has 2 aliphatic heterocycles. The number of piperidine rings is 1. The zero-order valence-electron chi connectivity index (χ0n) is 17.1. The van der Waals surface area contributed by atoms with E-state index in [0.29, 0.717) is 18.9 Å². The number of rotatable bonds is 3. The normalized spacial score (nSPS) is 21.1. The summed E-state index contributed by atoms with van der Waals surface area (Å²) >= 11 is 0. The van der Waals surface area contributed by atoms with Crippen molar-refractivity contribution >= 4 is 15.7 Å². The van der Waals surface area contributed by atoms with Crippen LogP contribution in [0.1, 0.15) is 48.2 Å². The van der Waals surface area contributed by atoms with Crippen LogP contribution in [0.4, 0.5) is 5.82 Å². The van der Waals surface area contributed by atoms with E-state index in [1.54, 1.807) is 10.7 Å². The average Bonchev–Trinajstić information content (AvgIpc) is 2.74. The van der Waals surface area contributed by atoms with Crippen LogP contribution in [0.2, 0.25) is 0 Å². The molecule has 160 valence electrons. The third kappa shape index (κ3) is 3.99. The standard InChI is InChI=1S/C21H27N5O3S/c27-21-12-16-3-1-2-4-19(16)24-26(21)13-15-5-8-25(9-6-15)20-11-17-14-30(28,29)10-7-18(17)22-23-20/h11-12,15H,1-10,13-14H2. The molecule has 3 aliphatic rings. The van der Waals surface area contributed by atoms with E-state index >= 15 is 0 Å². The summed E-state index contributed by atoms with van der Waals surface area (Å²) in [5.41, 5.74) is 3.84. The van der Waals surface area contributed by atoms with Crippen molar-refractivity contribution in [1.82, 2.24) is 20.0 Å². The molecule has 8 nitrogen and oxygen atoms in total. The highest BCUT2D eigenvalue weighted by Gasteiger charge is 2.26. The molecule has 0 bridgehead atoms. The van der Waals surface area contributed by atoms with E-state index in [9.17, 15) is 13.2 Å². The second kappa shape index (κ2) is 7.76. The van der Waals surface area contributed by atoms with Crippen molar-refractivity contribution < 1.29 is 8.42 Å². The zero-order chi connectivity index (χ0) is 20.7. The summed E-state index contributed by atoms with van der Waals surface area (Å²) in [5.74, 6) is 1.39. The van der Waals surface area contributed by atoms with Gasteiger partial charge in [0.2, 0.25) is 0 Å². The van der Waals surface area contributed by atoms with Gasteiger partial charge >= 0.3 is 0 Å². The molecule has 0 atom stereocenters. The van der Waals surface area contributed by atoms with Crippen molar-refractivity contribution in [3.05, 3.63) is 45.0 Å². The van der Waals surface area contributed by atoms with Gasteiger partial charge in [-0.3, -0.25) is 4.79 Å². The van der Waals surface area contributed by atoms with E-state index in [0.717, 1.165) is 79.9 Å². The lowest BCUT2D eigenvalue weighted by molar-refractivity contribution is 0.331. The Morgan fingerprint density at radius 2 is 1.77 bits per heavy atom. The molecule has 1 aliphatic carbocycles. The van der Waals surface area contributed by atoms with E-state index in [1.807, 2.05) is 6.07 Å². The van der Waals surface area contributed by atoms with Crippen molar-refractivity contribution in [2.45, 2.75) is 57.2 Å². The highest BCUT2D eigenvalue weighted by molar-refractivity contribution is 7.90. The van der Waals surface area contributed by atoms with Crippen LogP contribution < -0.4 is 10.5 Å². The Hall–Kier alpha value is -2.29. The summed E-state index contributed by atoms with van der Waals surface area (Å²) < 4.78 is 25.5. The Morgan fingerprint density at radius 1 is 0.967 bits per heavy atom. The minimum absolute atomic E-state index is 0.0137. The summed E-state index contributed by atoms with van der Waals surface area (Å²) in [6.07, 6.45) is 6.59. The Balaban J connectivity index is 1.25. The van der Waals surface area contributed by atoms with Crippen LogP contribution in [0.3, 0.4) is 0 Å². The highest BCUT2D eigenvalue weighted by atomic mass is 32.2.